The highest BCUT2D eigenvalue weighted by Crippen LogP contribution is 2.19. The average molecular weight is 654 g/mol. The first-order valence-electron chi connectivity index (χ1n) is 20.8. The number of carbonyl (C=O) groups excluding carboxylic acids is 1. The summed E-state index contributed by atoms with van der Waals surface area (Å²) < 4.78 is 16.4. The van der Waals surface area contributed by atoms with Gasteiger partial charge in [-0.05, 0) is 32.1 Å². The van der Waals surface area contributed by atoms with Gasteiger partial charge in [-0.25, -0.2) is 4.79 Å². The van der Waals surface area contributed by atoms with Gasteiger partial charge in [-0.3, -0.25) is 0 Å². The van der Waals surface area contributed by atoms with E-state index in [1.807, 2.05) is 0 Å². The number of unbranched alkanes of at least 4 members (excludes halogenated alkanes) is 27. The molecule has 0 aliphatic carbocycles. The van der Waals surface area contributed by atoms with Crippen LogP contribution in [0.3, 0.4) is 0 Å². The Morgan fingerprint density at radius 1 is 0.457 bits per heavy atom. The quantitative estimate of drug-likeness (QED) is 0.0671. The molecule has 0 bridgehead atoms. The van der Waals surface area contributed by atoms with Crippen molar-refractivity contribution >= 4 is 6.09 Å². The molecule has 0 spiro atoms. The van der Waals surface area contributed by atoms with Crippen molar-refractivity contribution in [1.82, 2.24) is 5.32 Å². The second-order valence-corrected chi connectivity index (χ2v) is 14.0. The third-order valence-corrected chi connectivity index (χ3v) is 9.45. The van der Waals surface area contributed by atoms with Crippen LogP contribution in [0, 0.1) is 0 Å². The molecule has 0 aliphatic heterocycles. The minimum atomic E-state index is -0.256. The van der Waals surface area contributed by atoms with Crippen molar-refractivity contribution in [2.75, 3.05) is 33.5 Å². The molecular formula is C41H83NO4. The molecular weight excluding hydrogens is 570 g/mol. The lowest BCUT2D eigenvalue weighted by molar-refractivity contribution is 0.0670. The number of amides is 1. The Bertz CT molecular complexity index is 573. The molecule has 1 N–H and O–H groups in total. The maximum atomic E-state index is 12.5. The molecule has 0 aromatic rings. The summed E-state index contributed by atoms with van der Waals surface area (Å²) in [4.78, 5) is 12.5. The molecule has 46 heavy (non-hydrogen) atoms. The summed E-state index contributed by atoms with van der Waals surface area (Å²) in [6.07, 6.45) is 42.5. The number of hydrogen-bond acceptors (Lipinski definition) is 4. The normalized spacial score (nSPS) is 12.1. The van der Waals surface area contributed by atoms with Crippen LogP contribution in [0.2, 0.25) is 0 Å². The zero-order valence-corrected chi connectivity index (χ0v) is 31.7. The van der Waals surface area contributed by atoms with Crippen molar-refractivity contribution in [3.05, 3.63) is 0 Å². The van der Waals surface area contributed by atoms with E-state index in [0.29, 0.717) is 26.4 Å². The molecule has 0 aromatic carbocycles. The molecule has 0 saturated heterocycles. The first kappa shape index (κ1) is 45.2. The number of ether oxygens (including phenoxy) is 3. The Balaban J connectivity index is 3.99. The number of carbonyl (C=O) groups is 1. The van der Waals surface area contributed by atoms with E-state index in [1.165, 1.54) is 186 Å². The van der Waals surface area contributed by atoms with E-state index in [9.17, 15) is 4.79 Å². The van der Waals surface area contributed by atoms with Crippen LogP contribution in [0.5, 0.6) is 0 Å². The van der Waals surface area contributed by atoms with Gasteiger partial charge < -0.3 is 19.5 Å². The highest BCUT2D eigenvalue weighted by molar-refractivity contribution is 5.67. The van der Waals surface area contributed by atoms with Crippen LogP contribution >= 0.6 is 0 Å². The van der Waals surface area contributed by atoms with Gasteiger partial charge in [-0.2, -0.15) is 0 Å². The second-order valence-electron chi connectivity index (χ2n) is 14.0. The molecule has 0 heterocycles. The number of alkyl carbamates (subject to hydrolysis) is 1. The summed E-state index contributed by atoms with van der Waals surface area (Å²) in [5.74, 6) is 0. The number of nitrogens with one attached hydrogen (secondary N) is 1. The van der Waals surface area contributed by atoms with E-state index in [-0.39, 0.29) is 12.2 Å². The maximum Gasteiger partial charge on any atom is 0.407 e. The van der Waals surface area contributed by atoms with Crippen LogP contribution in [-0.4, -0.2) is 45.7 Å². The van der Waals surface area contributed by atoms with Crippen molar-refractivity contribution in [3.63, 3.8) is 0 Å². The predicted octanol–water partition coefficient (Wildman–Crippen LogP) is 13.3. The van der Waals surface area contributed by atoms with Gasteiger partial charge in [0.2, 0.25) is 0 Å². The summed E-state index contributed by atoms with van der Waals surface area (Å²) >= 11 is 0. The molecule has 0 rings (SSSR count). The Morgan fingerprint density at radius 2 is 0.804 bits per heavy atom. The van der Waals surface area contributed by atoms with Gasteiger partial charge in [0, 0.05) is 20.3 Å². The Kier molecular flexibility index (Phi) is 39.7. The summed E-state index contributed by atoms with van der Waals surface area (Å²) in [6.45, 7) is 7.01. The first-order chi connectivity index (χ1) is 22.7. The lowest BCUT2D eigenvalue weighted by Gasteiger charge is -2.18. The van der Waals surface area contributed by atoms with Crippen molar-refractivity contribution in [2.45, 2.75) is 225 Å². The lowest BCUT2D eigenvalue weighted by Crippen LogP contribution is -2.30. The zero-order valence-electron chi connectivity index (χ0n) is 31.7. The fraction of sp³-hybridized carbons (Fsp3) is 0.976. The Labute approximate surface area is 288 Å². The topological polar surface area (TPSA) is 56.8 Å². The Morgan fingerprint density at radius 3 is 1.15 bits per heavy atom. The van der Waals surface area contributed by atoms with E-state index in [2.05, 4.69) is 19.2 Å². The average Bonchev–Trinajstić information content (AvgIpc) is 3.06. The largest absolute Gasteiger partial charge is 0.446 e. The molecule has 0 radical (unpaired) electrons. The van der Waals surface area contributed by atoms with Gasteiger partial charge in [0.15, 0.2) is 0 Å². The molecule has 0 saturated carbocycles. The van der Waals surface area contributed by atoms with Crippen molar-refractivity contribution in [3.8, 4) is 0 Å². The summed E-state index contributed by atoms with van der Waals surface area (Å²) in [5, 5.41) is 2.94. The van der Waals surface area contributed by atoms with Crippen molar-refractivity contribution < 1.29 is 19.0 Å². The molecule has 0 aliphatic rings. The van der Waals surface area contributed by atoms with Gasteiger partial charge in [0.05, 0.1) is 13.2 Å². The van der Waals surface area contributed by atoms with Gasteiger partial charge >= 0.3 is 6.09 Å². The third kappa shape index (κ3) is 37.6. The molecule has 1 atom stereocenters. The summed E-state index contributed by atoms with van der Waals surface area (Å²) in [6, 6.07) is 0. The van der Waals surface area contributed by atoms with Gasteiger partial charge in [0.25, 0.3) is 0 Å². The van der Waals surface area contributed by atoms with Crippen LogP contribution in [-0.2, 0) is 14.2 Å². The smallest absolute Gasteiger partial charge is 0.407 e. The predicted molar refractivity (Wildman–Crippen MR) is 200 cm³/mol. The highest BCUT2D eigenvalue weighted by Gasteiger charge is 2.14. The van der Waals surface area contributed by atoms with Crippen LogP contribution in [0.4, 0.5) is 4.79 Å². The molecule has 5 nitrogen and oxygen atoms in total. The second kappa shape index (κ2) is 40.4. The van der Waals surface area contributed by atoms with E-state index >= 15 is 0 Å². The fourth-order valence-electron chi connectivity index (χ4n) is 6.37. The molecule has 5 heteroatoms. The van der Waals surface area contributed by atoms with E-state index < -0.39 is 0 Å². The summed E-state index contributed by atoms with van der Waals surface area (Å²) in [7, 11) is 1.68. The summed E-state index contributed by atoms with van der Waals surface area (Å²) in [5.41, 5.74) is 0. The number of methoxy groups -OCH3 is 1. The van der Waals surface area contributed by atoms with Gasteiger partial charge in [-0.1, -0.05) is 187 Å². The lowest BCUT2D eigenvalue weighted by atomic mass is 10.0. The SMILES string of the molecule is CCCCCCCCCCCCCCCCCC(CCCCCCCCCCCCCCCC)OC(=O)NCCCOCCOC. The minimum absolute atomic E-state index is 0.0530. The van der Waals surface area contributed by atoms with E-state index in [4.69, 9.17) is 14.2 Å². The standard InChI is InChI=1S/C41H83NO4/c1-4-6-8-10-12-14-16-18-20-22-24-26-28-30-32-35-40(46-41(43)42-36-33-37-45-39-38-44-3)34-31-29-27-25-23-21-19-17-15-13-11-9-7-5-2/h40H,4-39H2,1-3H3,(H,42,43). The maximum absolute atomic E-state index is 12.5. The minimum Gasteiger partial charge on any atom is -0.446 e. The Hall–Kier alpha value is -0.810. The van der Waals surface area contributed by atoms with Crippen molar-refractivity contribution in [2.24, 2.45) is 0 Å². The zero-order chi connectivity index (χ0) is 33.4. The monoisotopic (exact) mass is 654 g/mol. The van der Waals surface area contributed by atoms with Crippen LogP contribution in [0.15, 0.2) is 0 Å². The number of rotatable bonds is 39. The van der Waals surface area contributed by atoms with Crippen molar-refractivity contribution in [1.29, 1.82) is 0 Å². The van der Waals surface area contributed by atoms with Gasteiger partial charge in [-0.15, -0.1) is 0 Å². The molecule has 1 unspecified atom stereocenters. The van der Waals surface area contributed by atoms with Crippen LogP contribution in [0.1, 0.15) is 219 Å². The van der Waals surface area contributed by atoms with E-state index in [0.717, 1.165) is 19.3 Å². The molecule has 0 fully saturated rings. The molecule has 0 aromatic heterocycles. The first-order valence-corrected chi connectivity index (χ1v) is 20.8. The van der Waals surface area contributed by atoms with Crippen LogP contribution in [0.25, 0.3) is 0 Å². The van der Waals surface area contributed by atoms with E-state index in [1.54, 1.807) is 7.11 Å². The molecule has 1 amide bonds. The number of hydrogen-bond donors (Lipinski definition) is 1. The fourth-order valence-corrected chi connectivity index (χ4v) is 6.37. The highest BCUT2D eigenvalue weighted by atomic mass is 16.6. The molecule has 276 valence electrons. The third-order valence-electron chi connectivity index (χ3n) is 9.45. The van der Waals surface area contributed by atoms with Crippen LogP contribution < -0.4 is 5.32 Å². The van der Waals surface area contributed by atoms with Gasteiger partial charge in [0.1, 0.15) is 6.10 Å².